The van der Waals surface area contributed by atoms with Crippen molar-refractivity contribution in [3.05, 3.63) is 52.6 Å². The van der Waals surface area contributed by atoms with Crippen molar-refractivity contribution in [1.29, 1.82) is 0 Å². The molecule has 106 valence electrons. The first-order valence-corrected chi connectivity index (χ1v) is 5.65. The molecular formula is C13H14Cl2N4O. The molecule has 3 rings (SSSR count). The van der Waals surface area contributed by atoms with Gasteiger partial charge in [0.2, 0.25) is 0 Å². The van der Waals surface area contributed by atoms with Crippen LogP contribution in [0.2, 0.25) is 0 Å². The quantitative estimate of drug-likeness (QED) is 0.751. The molecule has 0 fully saturated rings. The molecule has 0 aromatic carbocycles. The molecule has 0 aliphatic rings. The van der Waals surface area contributed by atoms with Crippen molar-refractivity contribution in [2.24, 2.45) is 0 Å². The molecule has 1 N–H and O–H groups in total. The Morgan fingerprint density at radius 3 is 2.45 bits per heavy atom. The van der Waals surface area contributed by atoms with Crippen molar-refractivity contribution >= 4 is 30.3 Å². The second kappa shape index (κ2) is 6.07. The number of fused-ring (bicyclic) bond motifs is 1. The molecular weight excluding hydrogens is 299 g/mol. The van der Waals surface area contributed by atoms with Gasteiger partial charge < -0.3 is 4.98 Å². The predicted molar refractivity (Wildman–Crippen MR) is 83.0 cm³/mol. The molecule has 20 heavy (non-hydrogen) atoms. The summed E-state index contributed by atoms with van der Waals surface area (Å²) in [5.41, 5.74) is 3.91. The molecule has 0 aliphatic heterocycles. The highest BCUT2D eigenvalue weighted by molar-refractivity contribution is 5.85. The highest BCUT2D eigenvalue weighted by Gasteiger charge is 2.11. The molecule has 7 heteroatoms. The predicted octanol–water partition coefficient (Wildman–Crippen LogP) is 2.55. The number of nitrogens with zero attached hydrogens (tertiary/aromatic N) is 3. The van der Waals surface area contributed by atoms with E-state index in [-0.39, 0.29) is 30.4 Å². The average Bonchev–Trinajstić information content (AvgIpc) is 2.78. The van der Waals surface area contributed by atoms with E-state index >= 15 is 0 Å². The van der Waals surface area contributed by atoms with Crippen LogP contribution >= 0.6 is 24.8 Å². The minimum atomic E-state index is -0.123. The number of rotatable bonds is 1. The van der Waals surface area contributed by atoms with Gasteiger partial charge in [0.25, 0.3) is 5.56 Å². The maximum atomic E-state index is 12.1. The summed E-state index contributed by atoms with van der Waals surface area (Å²) in [5.74, 6) is 0. The summed E-state index contributed by atoms with van der Waals surface area (Å²) in [4.78, 5) is 23.2. The smallest absolute Gasteiger partial charge is 0.274 e. The Hall–Kier alpha value is -1.85. The van der Waals surface area contributed by atoms with Crippen molar-refractivity contribution in [3.8, 4) is 11.3 Å². The second-order valence-electron chi connectivity index (χ2n) is 4.20. The third-order valence-corrected chi connectivity index (χ3v) is 3.10. The van der Waals surface area contributed by atoms with E-state index in [1.807, 2.05) is 30.4 Å². The van der Waals surface area contributed by atoms with E-state index in [2.05, 4.69) is 15.0 Å². The fourth-order valence-corrected chi connectivity index (χ4v) is 2.15. The summed E-state index contributed by atoms with van der Waals surface area (Å²) >= 11 is 0. The molecule has 0 amide bonds. The molecule has 0 atom stereocenters. The minimum Gasteiger partial charge on any atom is -0.319 e. The molecule has 0 unspecified atom stereocenters. The fourth-order valence-electron chi connectivity index (χ4n) is 2.15. The van der Waals surface area contributed by atoms with Gasteiger partial charge in [-0.1, -0.05) is 0 Å². The number of hydrogen-bond donors (Lipinski definition) is 1. The summed E-state index contributed by atoms with van der Waals surface area (Å²) in [5, 5.41) is 0. The van der Waals surface area contributed by atoms with Crippen molar-refractivity contribution in [2.75, 3.05) is 0 Å². The number of aromatic amines is 1. The van der Waals surface area contributed by atoms with Crippen LogP contribution in [0.15, 0.2) is 35.6 Å². The molecule has 0 saturated carbocycles. The minimum absolute atomic E-state index is 0. The van der Waals surface area contributed by atoms with Crippen LogP contribution < -0.4 is 5.56 Å². The third-order valence-electron chi connectivity index (χ3n) is 3.10. The Morgan fingerprint density at radius 2 is 1.80 bits per heavy atom. The van der Waals surface area contributed by atoms with Gasteiger partial charge in [0.1, 0.15) is 5.52 Å². The highest BCUT2D eigenvalue weighted by Crippen LogP contribution is 2.20. The van der Waals surface area contributed by atoms with E-state index in [4.69, 9.17) is 0 Å². The summed E-state index contributed by atoms with van der Waals surface area (Å²) in [7, 11) is 0. The third kappa shape index (κ3) is 2.42. The van der Waals surface area contributed by atoms with Crippen LogP contribution in [0.4, 0.5) is 0 Å². The monoisotopic (exact) mass is 312 g/mol. The topological polar surface area (TPSA) is 63.1 Å². The highest BCUT2D eigenvalue weighted by atomic mass is 35.5. The van der Waals surface area contributed by atoms with Crippen molar-refractivity contribution in [2.45, 2.75) is 13.8 Å². The zero-order valence-corrected chi connectivity index (χ0v) is 12.6. The number of H-pyrrole nitrogens is 1. The Kier molecular flexibility index (Phi) is 4.92. The second-order valence-corrected chi connectivity index (χ2v) is 4.20. The first-order chi connectivity index (χ1) is 8.68. The Balaban J connectivity index is 0.000001000. The summed E-state index contributed by atoms with van der Waals surface area (Å²) in [6, 6.07) is 3.74. The zero-order valence-electron chi connectivity index (χ0n) is 11.0. The van der Waals surface area contributed by atoms with Crippen LogP contribution in [-0.2, 0) is 0 Å². The zero-order chi connectivity index (χ0) is 12.7. The van der Waals surface area contributed by atoms with Gasteiger partial charge >= 0.3 is 0 Å². The van der Waals surface area contributed by atoms with Gasteiger partial charge in [0.05, 0.1) is 17.7 Å². The normalized spacial score (nSPS) is 9.90. The van der Waals surface area contributed by atoms with Crippen molar-refractivity contribution in [1.82, 2.24) is 19.4 Å². The van der Waals surface area contributed by atoms with E-state index in [0.29, 0.717) is 5.52 Å². The largest absolute Gasteiger partial charge is 0.319 e. The van der Waals surface area contributed by atoms with Crippen LogP contribution in [0.3, 0.4) is 0 Å². The van der Waals surface area contributed by atoms with Crippen molar-refractivity contribution < 1.29 is 0 Å². The number of aryl methyl sites for hydroxylation is 2. The average molecular weight is 313 g/mol. The number of halogens is 2. The lowest BCUT2D eigenvalue weighted by atomic mass is 10.1. The Labute approximate surface area is 127 Å². The molecule has 0 radical (unpaired) electrons. The molecule has 3 aromatic rings. The lowest BCUT2D eigenvalue weighted by Crippen LogP contribution is -2.13. The standard InChI is InChI=1S/C13H12N4O.2ClH/c1-8-12-13(18)16-11(9(2)17(12)7-15-8)10-3-5-14-6-4-10;;/h3-7H,1-2H3,(H,16,18);2*1H. The summed E-state index contributed by atoms with van der Waals surface area (Å²) in [6.45, 7) is 3.79. The van der Waals surface area contributed by atoms with Gasteiger partial charge in [0, 0.05) is 23.7 Å². The van der Waals surface area contributed by atoms with Crippen LogP contribution in [0.1, 0.15) is 11.4 Å². The molecule has 3 aromatic heterocycles. The number of hydrogen-bond acceptors (Lipinski definition) is 3. The summed E-state index contributed by atoms with van der Waals surface area (Å²) < 4.78 is 1.82. The van der Waals surface area contributed by atoms with Gasteiger partial charge in [-0.3, -0.25) is 14.2 Å². The molecule has 0 aliphatic carbocycles. The first-order valence-electron chi connectivity index (χ1n) is 5.65. The van der Waals surface area contributed by atoms with Crippen LogP contribution in [0.5, 0.6) is 0 Å². The fraction of sp³-hybridized carbons (Fsp3) is 0.154. The van der Waals surface area contributed by atoms with Gasteiger partial charge in [-0.05, 0) is 26.0 Å². The van der Waals surface area contributed by atoms with Gasteiger partial charge in [-0.15, -0.1) is 24.8 Å². The van der Waals surface area contributed by atoms with E-state index in [0.717, 1.165) is 22.6 Å². The first kappa shape index (κ1) is 16.2. The van der Waals surface area contributed by atoms with E-state index in [9.17, 15) is 4.79 Å². The molecule has 3 heterocycles. The SMILES string of the molecule is Cc1ncn2c(C)c(-c3ccncc3)[nH]c(=O)c12.Cl.Cl. The molecule has 5 nitrogen and oxygen atoms in total. The maximum absolute atomic E-state index is 12.1. The lowest BCUT2D eigenvalue weighted by Gasteiger charge is -2.08. The van der Waals surface area contributed by atoms with Gasteiger partial charge in [-0.25, -0.2) is 4.98 Å². The van der Waals surface area contributed by atoms with Gasteiger partial charge in [0.15, 0.2) is 0 Å². The van der Waals surface area contributed by atoms with Crippen LogP contribution in [0, 0.1) is 13.8 Å². The molecule has 0 saturated heterocycles. The maximum Gasteiger partial charge on any atom is 0.274 e. The van der Waals surface area contributed by atoms with Crippen LogP contribution in [-0.4, -0.2) is 19.4 Å². The summed E-state index contributed by atoms with van der Waals surface area (Å²) in [6.07, 6.45) is 5.09. The Bertz CT molecular complexity index is 780. The van der Waals surface area contributed by atoms with Gasteiger partial charge in [-0.2, -0.15) is 0 Å². The number of aromatic nitrogens is 4. The van der Waals surface area contributed by atoms with Crippen LogP contribution in [0.25, 0.3) is 16.8 Å². The number of pyridine rings is 1. The van der Waals surface area contributed by atoms with E-state index < -0.39 is 0 Å². The van der Waals surface area contributed by atoms with E-state index in [1.54, 1.807) is 18.7 Å². The molecule has 0 bridgehead atoms. The lowest BCUT2D eigenvalue weighted by molar-refractivity contribution is 1.02. The van der Waals surface area contributed by atoms with E-state index in [1.165, 1.54) is 0 Å². The Morgan fingerprint density at radius 1 is 1.15 bits per heavy atom. The number of nitrogens with one attached hydrogen (secondary N) is 1. The van der Waals surface area contributed by atoms with Crippen molar-refractivity contribution in [3.63, 3.8) is 0 Å². The molecule has 0 spiro atoms. The number of imidazole rings is 1.